The number of nitrogens with zero attached hydrogens (tertiary/aromatic N) is 1. The average Bonchev–Trinajstić information content (AvgIpc) is 2.62. The summed E-state index contributed by atoms with van der Waals surface area (Å²) in [6.45, 7) is 1.29. The molecule has 2 aromatic carbocycles. The summed E-state index contributed by atoms with van der Waals surface area (Å²) in [7, 11) is 0. The van der Waals surface area contributed by atoms with E-state index in [2.05, 4.69) is 0 Å². The minimum Gasteiger partial charge on any atom is -0.481 e. The second kappa shape index (κ2) is 7.24. The summed E-state index contributed by atoms with van der Waals surface area (Å²) in [6, 6.07) is 15.9. The lowest BCUT2D eigenvalue weighted by atomic mass is 10.1. The molecule has 0 spiro atoms. The van der Waals surface area contributed by atoms with Gasteiger partial charge in [0.2, 0.25) is 0 Å². The number of morpholine rings is 1. The topological polar surface area (TPSA) is 38.8 Å². The van der Waals surface area contributed by atoms with Gasteiger partial charge in [0.1, 0.15) is 6.10 Å². The normalized spacial score (nSPS) is 17.8. The number of para-hydroxylation sites is 1. The van der Waals surface area contributed by atoms with Crippen molar-refractivity contribution >= 4 is 5.91 Å². The second-order valence-corrected chi connectivity index (χ2v) is 5.33. The van der Waals surface area contributed by atoms with Gasteiger partial charge in [-0.25, -0.2) is 4.39 Å². The Morgan fingerprint density at radius 3 is 2.70 bits per heavy atom. The summed E-state index contributed by atoms with van der Waals surface area (Å²) in [5.74, 6) is -0.546. The first-order valence-electron chi connectivity index (χ1n) is 7.55. The highest BCUT2D eigenvalue weighted by Crippen LogP contribution is 2.22. The smallest absolute Gasteiger partial charge is 0.260 e. The standard InChI is InChI=1S/C18H18FNO3/c19-15-8-4-5-9-16(15)23-13-18(21)20-10-11-22-17(12-20)14-6-2-1-3-7-14/h1-9,17H,10-13H2/t17-/m1/s1. The number of rotatable bonds is 4. The molecule has 0 aliphatic carbocycles. The van der Waals surface area contributed by atoms with Crippen LogP contribution in [-0.4, -0.2) is 37.1 Å². The first-order chi connectivity index (χ1) is 11.2. The molecule has 2 aromatic rings. The summed E-state index contributed by atoms with van der Waals surface area (Å²) >= 11 is 0. The molecular weight excluding hydrogens is 297 g/mol. The minimum atomic E-state index is -0.468. The zero-order chi connectivity index (χ0) is 16.1. The van der Waals surface area contributed by atoms with E-state index in [0.29, 0.717) is 19.7 Å². The van der Waals surface area contributed by atoms with Crippen LogP contribution < -0.4 is 4.74 Å². The highest BCUT2D eigenvalue weighted by molar-refractivity contribution is 5.78. The number of ether oxygens (including phenoxy) is 2. The summed E-state index contributed by atoms with van der Waals surface area (Å²) in [5.41, 5.74) is 1.04. The van der Waals surface area contributed by atoms with Gasteiger partial charge in [-0.15, -0.1) is 0 Å². The lowest BCUT2D eigenvalue weighted by Gasteiger charge is -2.33. The van der Waals surface area contributed by atoms with Gasteiger partial charge < -0.3 is 14.4 Å². The van der Waals surface area contributed by atoms with E-state index in [4.69, 9.17) is 9.47 Å². The molecule has 1 aliphatic rings. The van der Waals surface area contributed by atoms with E-state index in [9.17, 15) is 9.18 Å². The Balaban J connectivity index is 1.58. The first kappa shape index (κ1) is 15.5. The van der Waals surface area contributed by atoms with Crippen molar-refractivity contribution < 1.29 is 18.7 Å². The molecule has 23 heavy (non-hydrogen) atoms. The van der Waals surface area contributed by atoms with Gasteiger partial charge in [-0.1, -0.05) is 42.5 Å². The van der Waals surface area contributed by atoms with E-state index in [0.717, 1.165) is 5.56 Å². The van der Waals surface area contributed by atoms with Crippen molar-refractivity contribution in [1.29, 1.82) is 0 Å². The van der Waals surface area contributed by atoms with Crippen molar-refractivity contribution in [3.05, 3.63) is 66.0 Å². The Morgan fingerprint density at radius 2 is 1.91 bits per heavy atom. The minimum absolute atomic E-state index is 0.0914. The van der Waals surface area contributed by atoms with Crippen molar-refractivity contribution in [2.45, 2.75) is 6.10 Å². The number of benzene rings is 2. The van der Waals surface area contributed by atoms with E-state index in [1.165, 1.54) is 12.1 Å². The summed E-state index contributed by atoms with van der Waals surface area (Å²) in [6.07, 6.45) is -0.137. The van der Waals surface area contributed by atoms with Gasteiger partial charge in [-0.2, -0.15) is 0 Å². The number of amides is 1. The number of hydrogen-bond donors (Lipinski definition) is 0. The van der Waals surface area contributed by atoms with Crippen molar-refractivity contribution in [2.24, 2.45) is 0 Å². The molecule has 1 heterocycles. The van der Waals surface area contributed by atoms with Gasteiger partial charge in [0, 0.05) is 6.54 Å². The van der Waals surface area contributed by atoms with E-state index in [1.807, 2.05) is 30.3 Å². The second-order valence-electron chi connectivity index (χ2n) is 5.33. The maximum Gasteiger partial charge on any atom is 0.260 e. The molecule has 0 radical (unpaired) electrons. The molecule has 1 fully saturated rings. The van der Waals surface area contributed by atoms with Crippen molar-refractivity contribution in [1.82, 2.24) is 4.90 Å². The summed E-state index contributed by atoms with van der Waals surface area (Å²) in [4.78, 5) is 14.0. The Hall–Kier alpha value is -2.40. The van der Waals surface area contributed by atoms with Gasteiger partial charge in [-0.3, -0.25) is 4.79 Å². The van der Waals surface area contributed by atoms with Gasteiger partial charge in [0.05, 0.1) is 13.2 Å². The molecule has 0 unspecified atom stereocenters. The molecule has 0 bridgehead atoms. The van der Waals surface area contributed by atoms with Crippen molar-refractivity contribution in [2.75, 3.05) is 26.3 Å². The van der Waals surface area contributed by atoms with Crippen LogP contribution in [-0.2, 0) is 9.53 Å². The predicted octanol–water partition coefficient (Wildman–Crippen LogP) is 2.80. The Bertz CT molecular complexity index is 662. The number of carbonyl (C=O) groups excluding carboxylic acids is 1. The van der Waals surface area contributed by atoms with Gasteiger partial charge >= 0.3 is 0 Å². The number of hydrogen-bond acceptors (Lipinski definition) is 3. The maximum absolute atomic E-state index is 13.5. The van der Waals surface area contributed by atoms with Crippen LogP contribution in [0, 0.1) is 5.82 Å². The Labute approximate surface area is 134 Å². The molecule has 1 aliphatic heterocycles. The molecule has 0 N–H and O–H groups in total. The molecule has 0 aromatic heterocycles. The third-order valence-electron chi connectivity index (χ3n) is 3.78. The summed E-state index contributed by atoms with van der Waals surface area (Å²) < 4.78 is 24.5. The van der Waals surface area contributed by atoms with Crippen molar-refractivity contribution in [3.8, 4) is 5.75 Å². The summed E-state index contributed by atoms with van der Waals surface area (Å²) in [5, 5.41) is 0. The fourth-order valence-electron chi connectivity index (χ4n) is 2.54. The van der Waals surface area contributed by atoms with Crippen LogP contribution in [0.1, 0.15) is 11.7 Å². The molecular formula is C18H18FNO3. The zero-order valence-corrected chi connectivity index (χ0v) is 12.7. The lowest BCUT2D eigenvalue weighted by molar-refractivity contribution is -0.141. The Kier molecular flexibility index (Phi) is 4.88. The van der Waals surface area contributed by atoms with Gasteiger partial charge in [0.15, 0.2) is 18.2 Å². The van der Waals surface area contributed by atoms with Crippen LogP contribution in [0.15, 0.2) is 54.6 Å². The van der Waals surface area contributed by atoms with Crippen LogP contribution >= 0.6 is 0 Å². The van der Waals surface area contributed by atoms with Crippen LogP contribution in [0.2, 0.25) is 0 Å². The van der Waals surface area contributed by atoms with Crippen LogP contribution in [0.4, 0.5) is 4.39 Å². The number of carbonyl (C=O) groups is 1. The van der Waals surface area contributed by atoms with E-state index >= 15 is 0 Å². The zero-order valence-electron chi connectivity index (χ0n) is 12.7. The molecule has 0 saturated carbocycles. The third-order valence-corrected chi connectivity index (χ3v) is 3.78. The van der Waals surface area contributed by atoms with Crippen LogP contribution in [0.3, 0.4) is 0 Å². The van der Waals surface area contributed by atoms with Gasteiger partial charge in [0.25, 0.3) is 5.91 Å². The monoisotopic (exact) mass is 315 g/mol. The molecule has 4 nitrogen and oxygen atoms in total. The van der Waals surface area contributed by atoms with Crippen molar-refractivity contribution in [3.63, 3.8) is 0 Å². The molecule has 5 heteroatoms. The number of halogens is 1. The lowest BCUT2D eigenvalue weighted by Crippen LogP contribution is -2.44. The largest absolute Gasteiger partial charge is 0.481 e. The molecule has 1 amide bonds. The fraction of sp³-hybridized carbons (Fsp3) is 0.278. The van der Waals surface area contributed by atoms with Gasteiger partial charge in [-0.05, 0) is 17.7 Å². The average molecular weight is 315 g/mol. The third kappa shape index (κ3) is 3.87. The van der Waals surface area contributed by atoms with E-state index < -0.39 is 5.82 Å². The molecule has 1 atom stereocenters. The van der Waals surface area contributed by atoms with E-state index in [-0.39, 0.29) is 24.4 Å². The van der Waals surface area contributed by atoms with Crippen LogP contribution in [0.25, 0.3) is 0 Å². The Morgan fingerprint density at radius 1 is 1.17 bits per heavy atom. The molecule has 120 valence electrons. The quantitative estimate of drug-likeness (QED) is 0.871. The predicted molar refractivity (Wildman–Crippen MR) is 83.6 cm³/mol. The fourth-order valence-corrected chi connectivity index (χ4v) is 2.54. The van der Waals surface area contributed by atoms with Crippen LogP contribution in [0.5, 0.6) is 5.75 Å². The van der Waals surface area contributed by atoms with E-state index in [1.54, 1.807) is 17.0 Å². The molecule has 3 rings (SSSR count). The highest BCUT2D eigenvalue weighted by Gasteiger charge is 2.25. The molecule has 1 saturated heterocycles. The SMILES string of the molecule is O=C(COc1ccccc1F)N1CCO[C@@H](c2ccccc2)C1. The maximum atomic E-state index is 13.5. The highest BCUT2D eigenvalue weighted by atomic mass is 19.1. The first-order valence-corrected chi connectivity index (χ1v) is 7.55.